The van der Waals surface area contributed by atoms with Gasteiger partial charge >= 0.3 is 5.97 Å². The Hall–Kier alpha value is -3.35. The summed E-state index contributed by atoms with van der Waals surface area (Å²) >= 11 is 0. The summed E-state index contributed by atoms with van der Waals surface area (Å²) in [6.07, 6.45) is 3.22. The molecule has 2 fully saturated rings. The van der Waals surface area contributed by atoms with Crippen LogP contribution in [0.2, 0.25) is 0 Å². The minimum atomic E-state index is -0.568. The maximum Gasteiger partial charge on any atom is 0.310 e. The molecule has 3 aromatic carbocycles. The molecule has 1 spiro atoms. The van der Waals surface area contributed by atoms with Crippen molar-refractivity contribution in [1.82, 2.24) is 5.48 Å². The van der Waals surface area contributed by atoms with Gasteiger partial charge < -0.3 is 14.2 Å². The smallest absolute Gasteiger partial charge is 0.310 e. The van der Waals surface area contributed by atoms with E-state index in [0.717, 1.165) is 47.5 Å². The van der Waals surface area contributed by atoms with Gasteiger partial charge in [0.1, 0.15) is 23.7 Å². The van der Waals surface area contributed by atoms with Crippen molar-refractivity contribution in [3.8, 4) is 11.5 Å². The predicted molar refractivity (Wildman–Crippen MR) is 160 cm³/mol. The van der Waals surface area contributed by atoms with Crippen molar-refractivity contribution in [2.45, 2.75) is 96.2 Å². The zero-order valence-electron chi connectivity index (χ0n) is 24.9. The van der Waals surface area contributed by atoms with Crippen LogP contribution in [0, 0.1) is 5.92 Å². The quantitative estimate of drug-likeness (QED) is 0.287. The van der Waals surface area contributed by atoms with Crippen LogP contribution in [-0.2, 0) is 21.0 Å². The largest absolute Gasteiger partial charge is 0.491 e. The second kappa shape index (κ2) is 12.3. The standard InChI is InChI=1S/C35H43NO5/c1-24(2)39-31-19-18-27(38-23-25-13-8-6-9-14-25)21-29(31)30-22-35(41-36-30)20-12-17-28(33(37)40-34(3,4)5)32(35)26-15-10-7-11-16-26/h6-11,13-16,18-19,21,24,28,30,32,36H,12,17,20,22-23H2,1-5H3/t28?,30-,32-,35-/m1/s1. The van der Waals surface area contributed by atoms with E-state index in [1.807, 2.05) is 83.1 Å². The molecule has 0 aromatic heterocycles. The number of rotatable bonds is 8. The van der Waals surface area contributed by atoms with Crippen LogP contribution in [0.1, 0.15) is 89.0 Å². The maximum atomic E-state index is 13.6. The van der Waals surface area contributed by atoms with Crippen LogP contribution in [-0.4, -0.2) is 23.3 Å². The van der Waals surface area contributed by atoms with Gasteiger partial charge in [0, 0.05) is 17.9 Å². The highest BCUT2D eigenvalue weighted by Gasteiger charge is 2.55. The maximum absolute atomic E-state index is 13.6. The number of hydrogen-bond donors (Lipinski definition) is 1. The zero-order chi connectivity index (χ0) is 29.0. The number of esters is 1. The van der Waals surface area contributed by atoms with Crippen molar-refractivity contribution >= 4 is 5.97 Å². The van der Waals surface area contributed by atoms with E-state index < -0.39 is 11.2 Å². The molecule has 1 saturated carbocycles. The molecule has 1 unspecified atom stereocenters. The van der Waals surface area contributed by atoms with Crippen LogP contribution >= 0.6 is 0 Å². The number of carbonyl (C=O) groups is 1. The monoisotopic (exact) mass is 557 g/mol. The molecular formula is C35H43NO5. The number of hydrogen-bond acceptors (Lipinski definition) is 6. The van der Waals surface area contributed by atoms with Gasteiger partial charge in [0.2, 0.25) is 0 Å². The fourth-order valence-electron chi connectivity index (χ4n) is 6.26. The SMILES string of the molecule is CC(C)Oc1ccc(OCc2ccccc2)cc1[C@H]1C[C@@]2(CCCC(C(=O)OC(C)(C)C)[C@H]2c2ccccc2)ON1. The molecule has 6 nitrogen and oxygen atoms in total. The lowest BCUT2D eigenvalue weighted by Crippen LogP contribution is -2.47. The molecular weight excluding hydrogens is 514 g/mol. The normalized spacial score (nSPS) is 24.4. The molecule has 218 valence electrons. The first-order valence-corrected chi connectivity index (χ1v) is 14.8. The zero-order valence-corrected chi connectivity index (χ0v) is 24.9. The molecule has 41 heavy (non-hydrogen) atoms. The van der Waals surface area contributed by atoms with Crippen molar-refractivity contribution < 1.29 is 23.8 Å². The lowest BCUT2D eigenvalue weighted by molar-refractivity contribution is -0.170. The minimum Gasteiger partial charge on any atom is -0.491 e. The van der Waals surface area contributed by atoms with E-state index in [1.165, 1.54) is 0 Å². The van der Waals surface area contributed by atoms with Gasteiger partial charge in [0.15, 0.2) is 0 Å². The molecule has 1 heterocycles. The molecule has 3 aromatic rings. The van der Waals surface area contributed by atoms with E-state index in [1.54, 1.807) is 0 Å². The first kappa shape index (κ1) is 29.2. The topological polar surface area (TPSA) is 66.0 Å². The van der Waals surface area contributed by atoms with Gasteiger partial charge in [0.05, 0.1) is 23.7 Å². The van der Waals surface area contributed by atoms with Gasteiger partial charge in [-0.3, -0.25) is 9.63 Å². The number of carbonyl (C=O) groups excluding carboxylic acids is 1. The van der Waals surface area contributed by atoms with Gasteiger partial charge in [0.25, 0.3) is 0 Å². The second-order valence-electron chi connectivity index (χ2n) is 12.6. The predicted octanol–water partition coefficient (Wildman–Crippen LogP) is 7.68. The van der Waals surface area contributed by atoms with Crippen LogP contribution in [0.25, 0.3) is 0 Å². The van der Waals surface area contributed by atoms with E-state index in [9.17, 15) is 4.79 Å². The molecule has 0 amide bonds. The summed E-state index contributed by atoms with van der Waals surface area (Å²) in [4.78, 5) is 20.2. The molecule has 1 aliphatic heterocycles. The Morgan fingerprint density at radius 2 is 1.73 bits per heavy atom. The number of benzene rings is 3. The molecule has 4 atom stereocenters. The highest BCUT2D eigenvalue weighted by atomic mass is 16.7. The van der Waals surface area contributed by atoms with Crippen molar-refractivity contribution in [2.24, 2.45) is 5.92 Å². The van der Waals surface area contributed by atoms with Gasteiger partial charge in [-0.2, -0.15) is 5.48 Å². The lowest BCUT2D eigenvalue weighted by atomic mass is 9.64. The molecule has 5 rings (SSSR count). The van der Waals surface area contributed by atoms with Crippen LogP contribution < -0.4 is 15.0 Å². The highest BCUT2D eigenvalue weighted by molar-refractivity contribution is 5.75. The Balaban J connectivity index is 1.45. The summed E-state index contributed by atoms with van der Waals surface area (Å²) in [7, 11) is 0. The summed E-state index contributed by atoms with van der Waals surface area (Å²) in [6, 6.07) is 26.3. The number of hydroxylamine groups is 1. The third-order valence-corrected chi connectivity index (χ3v) is 7.87. The third kappa shape index (κ3) is 6.94. The van der Waals surface area contributed by atoms with Crippen LogP contribution in [0.5, 0.6) is 11.5 Å². The van der Waals surface area contributed by atoms with Crippen LogP contribution in [0.15, 0.2) is 78.9 Å². The Morgan fingerprint density at radius 3 is 2.41 bits per heavy atom. The molecule has 1 saturated heterocycles. The summed E-state index contributed by atoms with van der Waals surface area (Å²) in [5.41, 5.74) is 5.45. The van der Waals surface area contributed by atoms with Crippen molar-refractivity contribution in [3.63, 3.8) is 0 Å². The van der Waals surface area contributed by atoms with E-state index in [4.69, 9.17) is 19.0 Å². The number of ether oxygens (including phenoxy) is 3. The van der Waals surface area contributed by atoms with E-state index in [2.05, 4.69) is 35.8 Å². The summed E-state index contributed by atoms with van der Waals surface area (Å²) in [5.74, 6) is 0.991. The van der Waals surface area contributed by atoms with E-state index >= 15 is 0 Å². The van der Waals surface area contributed by atoms with E-state index in [-0.39, 0.29) is 30.0 Å². The Kier molecular flexibility index (Phi) is 8.71. The van der Waals surface area contributed by atoms with Crippen LogP contribution in [0.3, 0.4) is 0 Å². The Bertz CT molecular complexity index is 1300. The van der Waals surface area contributed by atoms with Gasteiger partial charge in [-0.25, -0.2) is 0 Å². The molecule has 0 bridgehead atoms. The molecule has 0 radical (unpaired) electrons. The summed E-state index contributed by atoms with van der Waals surface area (Å²) in [5, 5.41) is 0. The molecule has 6 heteroatoms. The van der Waals surface area contributed by atoms with Gasteiger partial charge in [-0.05, 0) is 83.2 Å². The summed E-state index contributed by atoms with van der Waals surface area (Å²) in [6.45, 7) is 10.3. The van der Waals surface area contributed by atoms with Crippen molar-refractivity contribution in [2.75, 3.05) is 0 Å². The lowest BCUT2D eigenvalue weighted by Gasteiger charge is -2.44. The minimum absolute atomic E-state index is 0.0180. The van der Waals surface area contributed by atoms with Gasteiger partial charge in [-0.1, -0.05) is 60.7 Å². The fraction of sp³-hybridized carbons (Fsp3) is 0.457. The van der Waals surface area contributed by atoms with Crippen LogP contribution in [0.4, 0.5) is 0 Å². The third-order valence-electron chi connectivity index (χ3n) is 7.87. The van der Waals surface area contributed by atoms with Crippen molar-refractivity contribution in [1.29, 1.82) is 0 Å². The Labute approximate surface area is 244 Å². The first-order valence-electron chi connectivity index (χ1n) is 14.8. The fourth-order valence-corrected chi connectivity index (χ4v) is 6.26. The molecule has 1 N–H and O–H groups in total. The van der Waals surface area contributed by atoms with Crippen molar-refractivity contribution in [3.05, 3.63) is 95.6 Å². The summed E-state index contributed by atoms with van der Waals surface area (Å²) < 4.78 is 18.4. The van der Waals surface area contributed by atoms with Gasteiger partial charge in [-0.15, -0.1) is 0 Å². The number of nitrogens with one attached hydrogen (secondary N) is 1. The van der Waals surface area contributed by atoms with E-state index in [0.29, 0.717) is 13.0 Å². The highest BCUT2D eigenvalue weighted by Crippen LogP contribution is 2.54. The average Bonchev–Trinajstić information content (AvgIpc) is 3.35. The average molecular weight is 558 g/mol. The molecule has 2 aliphatic rings. The molecule has 1 aliphatic carbocycles. The Morgan fingerprint density at radius 1 is 1.02 bits per heavy atom. The first-order chi connectivity index (χ1) is 19.6. The second-order valence-corrected chi connectivity index (χ2v) is 12.6.